The van der Waals surface area contributed by atoms with Crippen LogP contribution in [0, 0.1) is 0 Å². The van der Waals surface area contributed by atoms with E-state index in [1.165, 1.54) is 28.7 Å². The molecule has 4 rings (SSSR count). The number of benzene rings is 1. The van der Waals surface area contributed by atoms with E-state index in [9.17, 15) is 4.79 Å². The molecular formula is C17H13ClN6OS. The summed E-state index contributed by atoms with van der Waals surface area (Å²) in [6, 6.07) is 11.2. The second-order valence-corrected chi connectivity index (χ2v) is 6.89. The number of hydrogen-bond donors (Lipinski definition) is 0. The first-order valence-corrected chi connectivity index (χ1v) is 8.98. The third kappa shape index (κ3) is 3.42. The van der Waals surface area contributed by atoms with Crippen molar-refractivity contribution in [3.8, 4) is 0 Å². The zero-order valence-corrected chi connectivity index (χ0v) is 15.1. The van der Waals surface area contributed by atoms with Crippen LogP contribution >= 0.6 is 22.9 Å². The fraction of sp³-hybridized carbons (Fsp3) is 0.118. The van der Waals surface area contributed by atoms with Gasteiger partial charge in [0.05, 0.1) is 22.0 Å². The lowest BCUT2D eigenvalue weighted by atomic mass is 10.3. The Morgan fingerprint density at radius 3 is 2.88 bits per heavy atom. The maximum absolute atomic E-state index is 12.9. The normalized spacial score (nSPS) is 11.0. The Kier molecular flexibility index (Phi) is 4.59. The predicted octanol–water partition coefficient (Wildman–Crippen LogP) is 3.17. The first-order chi connectivity index (χ1) is 12.7. The maximum atomic E-state index is 12.9. The lowest BCUT2D eigenvalue weighted by molar-refractivity contribution is -0.119. The molecule has 0 aliphatic heterocycles. The number of pyridine rings is 1. The Balaban J connectivity index is 1.70. The van der Waals surface area contributed by atoms with Crippen LogP contribution in [0.4, 0.5) is 5.13 Å². The molecule has 0 aliphatic carbocycles. The number of thiazole rings is 1. The summed E-state index contributed by atoms with van der Waals surface area (Å²) in [5.74, 6) is -0.156. The van der Waals surface area contributed by atoms with Gasteiger partial charge in [0.1, 0.15) is 24.7 Å². The molecule has 0 spiro atoms. The smallest absolute Gasteiger partial charge is 0.250 e. The second kappa shape index (κ2) is 7.19. The minimum atomic E-state index is -0.156. The number of amides is 1. The first-order valence-electron chi connectivity index (χ1n) is 7.78. The zero-order chi connectivity index (χ0) is 17.9. The van der Waals surface area contributed by atoms with Crippen molar-refractivity contribution in [3.63, 3.8) is 0 Å². The fourth-order valence-electron chi connectivity index (χ4n) is 2.47. The van der Waals surface area contributed by atoms with Gasteiger partial charge in [-0.25, -0.2) is 14.6 Å². The molecule has 7 nitrogen and oxygen atoms in total. The molecule has 4 aromatic rings. The molecule has 0 fully saturated rings. The lowest BCUT2D eigenvalue weighted by Crippen LogP contribution is -2.33. The molecule has 3 heterocycles. The van der Waals surface area contributed by atoms with E-state index in [0.29, 0.717) is 22.2 Å². The average Bonchev–Trinajstić information content (AvgIpc) is 3.30. The molecule has 0 aliphatic rings. The van der Waals surface area contributed by atoms with Gasteiger partial charge in [-0.15, -0.1) is 0 Å². The van der Waals surface area contributed by atoms with Crippen molar-refractivity contribution in [1.29, 1.82) is 0 Å². The van der Waals surface area contributed by atoms with Gasteiger partial charge >= 0.3 is 0 Å². The van der Waals surface area contributed by atoms with Crippen LogP contribution in [0.25, 0.3) is 10.2 Å². The Bertz CT molecular complexity index is 1030. The monoisotopic (exact) mass is 384 g/mol. The molecule has 1 amide bonds. The van der Waals surface area contributed by atoms with Crippen molar-refractivity contribution < 1.29 is 4.79 Å². The van der Waals surface area contributed by atoms with Crippen LogP contribution in [0.2, 0.25) is 5.02 Å². The number of carbonyl (C=O) groups is 1. The van der Waals surface area contributed by atoms with Crippen molar-refractivity contribution >= 4 is 44.2 Å². The van der Waals surface area contributed by atoms with E-state index in [1.807, 2.05) is 30.3 Å². The highest BCUT2D eigenvalue weighted by Crippen LogP contribution is 2.33. The lowest BCUT2D eigenvalue weighted by Gasteiger charge is -2.19. The molecule has 26 heavy (non-hydrogen) atoms. The molecule has 0 N–H and O–H groups in total. The van der Waals surface area contributed by atoms with Crippen LogP contribution in [0.5, 0.6) is 0 Å². The molecule has 0 saturated heterocycles. The van der Waals surface area contributed by atoms with Gasteiger partial charge in [-0.05, 0) is 24.3 Å². The third-order valence-corrected chi connectivity index (χ3v) is 5.05. The van der Waals surface area contributed by atoms with Crippen LogP contribution in [0.3, 0.4) is 0 Å². The number of hydrogen-bond acceptors (Lipinski definition) is 6. The molecule has 9 heteroatoms. The van der Waals surface area contributed by atoms with Gasteiger partial charge in [0.15, 0.2) is 5.13 Å². The van der Waals surface area contributed by atoms with Crippen molar-refractivity contribution in [2.24, 2.45) is 0 Å². The molecule has 0 atom stereocenters. The molecule has 0 radical (unpaired) electrons. The summed E-state index contributed by atoms with van der Waals surface area (Å²) >= 11 is 7.65. The maximum Gasteiger partial charge on any atom is 0.250 e. The number of anilines is 1. The van der Waals surface area contributed by atoms with E-state index < -0.39 is 0 Å². The number of aromatic nitrogens is 5. The quantitative estimate of drug-likeness (QED) is 0.528. The first kappa shape index (κ1) is 16.6. The largest absolute Gasteiger partial charge is 0.280 e. The van der Waals surface area contributed by atoms with Gasteiger partial charge < -0.3 is 0 Å². The number of carbonyl (C=O) groups excluding carboxylic acids is 1. The average molecular weight is 385 g/mol. The highest BCUT2D eigenvalue weighted by Gasteiger charge is 2.22. The summed E-state index contributed by atoms with van der Waals surface area (Å²) in [6.45, 7) is 0.377. The number of fused-ring (bicyclic) bond motifs is 1. The Labute approximate surface area is 157 Å². The Hall–Kier alpha value is -2.84. The summed E-state index contributed by atoms with van der Waals surface area (Å²) < 4.78 is 2.40. The van der Waals surface area contributed by atoms with Crippen LogP contribution in [-0.4, -0.2) is 30.6 Å². The minimum absolute atomic E-state index is 0.0660. The molecule has 130 valence electrons. The van der Waals surface area contributed by atoms with E-state index in [0.717, 1.165) is 10.4 Å². The SMILES string of the molecule is O=C(Cn1cncn1)N(Cc1ccccn1)c1nc2c(Cl)cccc2s1. The number of rotatable bonds is 5. The van der Waals surface area contributed by atoms with Crippen LogP contribution in [-0.2, 0) is 17.9 Å². The highest BCUT2D eigenvalue weighted by atomic mass is 35.5. The van der Waals surface area contributed by atoms with Gasteiger partial charge in [0.2, 0.25) is 0 Å². The van der Waals surface area contributed by atoms with E-state index in [2.05, 4.69) is 20.1 Å². The van der Waals surface area contributed by atoms with E-state index >= 15 is 0 Å². The highest BCUT2D eigenvalue weighted by molar-refractivity contribution is 7.22. The summed E-state index contributed by atoms with van der Waals surface area (Å²) in [4.78, 5) is 27.3. The van der Waals surface area contributed by atoms with Gasteiger partial charge in [-0.2, -0.15) is 5.10 Å². The fourth-order valence-corrected chi connectivity index (χ4v) is 3.76. The van der Waals surface area contributed by atoms with Gasteiger partial charge in [0, 0.05) is 6.20 Å². The van der Waals surface area contributed by atoms with Gasteiger partial charge in [-0.1, -0.05) is 35.1 Å². The van der Waals surface area contributed by atoms with Crippen molar-refractivity contribution in [3.05, 3.63) is 66.0 Å². The summed E-state index contributed by atoms with van der Waals surface area (Å²) in [6.07, 6.45) is 4.60. The van der Waals surface area contributed by atoms with Gasteiger partial charge in [0.25, 0.3) is 5.91 Å². The Morgan fingerprint density at radius 1 is 1.23 bits per heavy atom. The minimum Gasteiger partial charge on any atom is -0.280 e. The zero-order valence-electron chi connectivity index (χ0n) is 13.5. The summed E-state index contributed by atoms with van der Waals surface area (Å²) in [5.41, 5.74) is 1.46. The third-order valence-electron chi connectivity index (χ3n) is 3.70. The van der Waals surface area contributed by atoms with Crippen molar-refractivity contribution in [2.75, 3.05) is 4.90 Å². The van der Waals surface area contributed by atoms with Crippen LogP contribution in [0.15, 0.2) is 55.2 Å². The molecule has 3 aromatic heterocycles. The standard InChI is InChI=1S/C17H13ClN6OS/c18-13-5-3-6-14-16(13)22-17(26-14)24(8-12-4-1-2-7-20-12)15(25)9-23-11-19-10-21-23/h1-7,10-11H,8-9H2. The van der Waals surface area contributed by atoms with Crippen molar-refractivity contribution in [2.45, 2.75) is 13.1 Å². The number of halogens is 1. The van der Waals surface area contributed by atoms with E-state index in [-0.39, 0.29) is 12.5 Å². The second-order valence-electron chi connectivity index (χ2n) is 5.48. The van der Waals surface area contributed by atoms with E-state index in [1.54, 1.807) is 17.2 Å². The number of para-hydroxylation sites is 1. The molecular weight excluding hydrogens is 372 g/mol. The molecule has 0 bridgehead atoms. The van der Waals surface area contributed by atoms with E-state index in [4.69, 9.17) is 11.6 Å². The molecule has 1 aromatic carbocycles. The number of nitrogens with zero attached hydrogens (tertiary/aromatic N) is 6. The van der Waals surface area contributed by atoms with Crippen LogP contribution in [0.1, 0.15) is 5.69 Å². The summed E-state index contributed by atoms with van der Waals surface area (Å²) in [7, 11) is 0. The molecule has 0 saturated carbocycles. The Morgan fingerprint density at radius 2 is 2.15 bits per heavy atom. The molecule has 0 unspecified atom stereocenters. The summed E-state index contributed by atoms with van der Waals surface area (Å²) in [5, 5.41) is 5.14. The van der Waals surface area contributed by atoms with Crippen LogP contribution < -0.4 is 4.90 Å². The van der Waals surface area contributed by atoms with Crippen molar-refractivity contribution in [1.82, 2.24) is 24.7 Å². The van der Waals surface area contributed by atoms with Gasteiger partial charge in [-0.3, -0.25) is 14.7 Å². The topological polar surface area (TPSA) is 76.8 Å². The predicted molar refractivity (Wildman–Crippen MR) is 100 cm³/mol.